The smallest absolute Gasteiger partial charge is 0.304 e. The van der Waals surface area contributed by atoms with E-state index in [0.717, 1.165) is 5.56 Å². The first-order chi connectivity index (χ1) is 9.38. The van der Waals surface area contributed by atoms with E-state index in [1.165, 1.54) is 0 Å². The van der Waals surface area contributed by atoms with E-state index in [2.05, 4.69) is 5.32 Å². The standard InChI is InChI=1S/C14H19ClN2O3/c1-10(11-3-5-12(15)6-4-11)16-13(18)9-17(2)8-7-14(19)20/h3-6,10H,7-9H2,1-2H3,(H,16,18)(H,19,20). The number of hydrogen-bond acceptors (Lipinski definition) is 3. The molecule has 6 heteroatoms. The van der Waals surface area contributed by atoms with Gasteiger partial charge in [0.15, 0.2) is 0 Å². The fourth-order valence-electron chi connectivity index (χ4n) is 1.73. The van der Waals surface area contributed by atoms with E-state index in [4.69, 9.17) is 16.7 Å². The summed E-state index contributed by atoms with van der Waals surface area (Å²) in [7, 11) is 1.72. The fourth-order valence-corrected chi connectivity index (χ4v) is 1.86. The molecule has 5 nitrogen and oxygen atoms in total. The van der Waals surface area contributed by atoms with Crippen molar-refractivity contribution in [3.8, 4) is 0 Å². The lowest BCUT2D eigenvalue weighted by Gasteiger charge is -2.18. The van der Waals surface area contributed by atoms with Gasteiger partial charge in [0.2, 0.25) is 5.91 Å². The van der Waals surface area contributed by atoms with Gasteiger partial charge in [-0.1, -0.05) is 23.7 Å². The third-order valence-electron chi connectivity index (χ3n) is 2.87. The number of rotatable bonds is 7. The Labute approximate surface area is 123 Å². The van der Waals surface area contributed by atoms with Crippen molar-refractivity contribution in [1.82, 2.24) is 10.2 Å². The fraction of sp³-hybridized carbons (Fsp3) is 0.429. The molecule has 0 saturated heterocycles. The molecule has 2 N–H and O–H groups in total. The van der Waals surface area contributed by atoms with E-state index < -0.39 is 5.97 Å². The molecule has 1 atom stereocenters. The van der Waals surface area contributed by atoms with Crippen molar-refractivity contribution in [2.24, 2.45) is 0 Å². The van der Waals surface area contributed by atoms with Gasteiger partial charge in [0.05, 0.1) is 19.0 Å². The Hall–Kier alpha value is -1.59. The number of amides is 1. The summed E-state index contributed by atoms with van der Waals surface area (Å²) in [5.41, 5.74) is 0.968. The van der Waals surface area contributed by atoms with E-state index in [1.54, 1.807) is 24.1 Å². The van der Waals surface area contributed by atoms with Gasteiger partial charge in [-0.05, 0) is 31.7 Å². The molecule has 0 aliphatic carbocycles. The Bertz CT molecular complexity index is 462. The van der Waals surface area contributed by atoms with Crippen LogP contribution in [-0.4, -0.2) is 42.0 Å². The molecule has 0 aliphatic heterocycles. The summed E-state index contributed by atoms with van der Waals surface area (Å²) in [6.45, 7) is 2.40. The Kier molecular flexibility index (Phi) is 6.48. The number of carbonyl (C=O) groups excluding carboxylic acids is 1. The molecule has 1 aromatic rings. The third-order valence-corrected chi connectivity index (χ3v) is 3.12. The highest BCUT2D eigenvalue weighted by molar-refractivity contribution is 6.30. The van der Waals surface area contributed by atoms with Crippen LogP contribution in [0.25, 0.3) is 0 Å². The quantitative estimate of drug-likeness (QED) is 0.807. The largest absolute Gasteiger partial charge is 0.481 e. The van der Waals surface area contributed by atoms with Gasteiger partial charge in [0, 0.05) is 11.6 Å². The predicted octanol–water partition coefficient (Wildman–Crippen LogP) is 1.92. The minimum Gasteiger partial charge on any atom is -0.481 e. The number of carbonyl (C=O) groups is 2. The summed E-state index contributed by atoms with van der Waals surface area (Å²) < 4.78 is 0. The van der Waals surface area contributed by atoms with Crippen LogP contribution < -0.4 is 5.32 Å². The van der Waals surface area contributed by atoms with Crippen molar-refractivity contribution >= 4 is 23.5 Å². The van der Waals surface area contributed by atoms with E-state index in [-0.39, 0.29) is 24.9 Å². The topological polar surface area (TPSA) is 69.6 Å². The van der Waals surface area contributed by atoms with Crippen molar-refractivity contribution in [3.05, 3.63) is 34.9 Å². The van der Waals surface area contributed by atoms with Crippen LogP contribution in [0, 0.1) is 0 Å². The number of hydrogen-bond donors (Lipinski definition) is 2. The zero-order valence-electron chi connectivity index (χ0n) is 11.6. The highest BCUT2D eigenvalue weighted by atomic mass is 35.5. The third kappa shape index (κ3) is 6.04. The molecule has 1 rings (SSSR count). The van der Waals surface area contributed by atoms with E-state index in [1.807, 2.05) is 19.1 Å². The molecule has 1 amide bonds. The molecule has 0 bridgehead atoms. The first kappa shape index (κ1) is 16.5. The summed E-state index contributed by atoms with van der Waals surface area (Å²) in [5, 5.41) is 12.1. The maximum atomic E-state index is 11.8. The minimum atomic E-state index is -0.869. The zero-order chi connectivity index (χ0) is 15.1. The lowest BCUT2D eigenvalue weighted by molar-refractivity contribution is -0.137. The van der Waals surface area contributed by atoms with Gasteiger partial charge in [0.1, 0.15) is 0 Å². The molecule has 0 saturated carbocycles. The average molecular weight is 299 g/mol. The Morgan fingerprint density at radius 1 is 1.35 bits per heavy atom. The highest BCUT2D eigenvalue weighted by Gasteiger charge is 2.12. The summed E-state index contributed by atoms with van der Waals surface area (Å²) in [6.07, 6.45) is 0.0243. The first-order valence-corrected chi connectivity index (χ1v) is 6.71. The van der Waals surface area contributed by atoms with E-state index in [9.17, 15) is 9.59 Å². The van der Waals surface area contributed by atoms with Crippen molar-refractivity contribution < 1.29 is 14.7 Å². The van der Waals surface area contributed by atoms with Crippen LogP contribution in [0.5, 0.6) is 0 Å². The Morgan fingerprint density at radius 3 is 2.50 bits per heavy atom. The number of nitrogens with zero attached hydrogens (tertiary/aromatic N) is 1. The van der Waals surface area contributed by atoms with Gasteiger partial charge < -0.3 is 10.4 Å². The second kappa shape index (κ2) is 7.87. The van der Waals surface area contributed by atoms with Crippen molar-refractivity contribution in [1.29, 1.82) is 0 Å². The van der Waals surface area contributed by atoms with Crippen molar-refractivity contribution in [3.63, 3.8) is 0 Å². The maximum Gasteiger partial charge on any atom is 0.304 e. The highest BCUT2D eigenvalue weighted by Crippen LogP contribution is 2.15. The summed E-state index contributed by atoms with van der Waals surface area (Å²) in [5.74, 6) is -1.01. The van der Waals surface area contributed by atoms with Crippen molar-refractivity contribution in [2.45, 2.75) is 19.4 Å². The summed E-state index contributed by atoms with van der Waals surface area (Å²) in [6, 6.07) is 7.16. The number of halogens is 1. The summed E-state index contributed by atoms with van der Waals surface area (Å²) in [4.78, 5) is 23.9. The number of likely N-dealkylation sites (N-methyl/N-ethyl adjacent to an activating group) is 1. The number of carboxylic acid groups (broad SMARTS) is 1. The van der Waals surface area contributed by atoms with E-state index in [0.29, 0.717) is 11.6 Å². The number of nitrogens with one attached hydrogen (secondary N) is 1. The van der Waals surface area contributed by atoms with Crippen LogP contribution in [0.15, 0.2) is 24.3 Å². The van der Waals surface area contributed by atoms with Crippen LogP contribution in [0.4, 0.5) is 0 Å². The second-order valence-electron chi connectivity index (χ2n) is 4.72. The molecular formula is C14H19ClN2O3. The van der Waals surface area contributed by atoms with Crippen LogP contribution >= 0.6 is 11.6 Å². The molecule has 1 aromatic carbocycles. The van der Waals surface area contributed by atoms with Crippen molar-refractivity contribution in [2.75, 3.05) is 20.1 Å². The number of carboxylic acids is 1. The summed E-state index contributed by atoms with van der Waals surface area (Å²) >= 11 is 5.81. The second-order valence-corrected chi connectivity index (χ2v) is 5.16. The van der Waals surface area contributed by atoms with Gasteiger partial charge in [-0.3, -0.25) is 14.5 Å². The normalized spacial score (nSPS) is 12.2. The molecule has 0 heterocycles. The Morgan fingerprint density at radius 2 is 1.95 bits per heavy atom. The molecule has 0 aromatic heterocycles. The van der Waals surface area contributed by atoms with Gasteiger partial charge in [-0.15, -0.1) is 0 Å². The average Bonchev–Trinajstić information content (AvgIpc) is 2.36. The van der Waals surface area contributed by atoms with Gasteiger partial charge in [-0.2, -0.15) is 0 Å². The molecule has 110 valence electrons. The lowest BCUT2D eigenvalue weighted by atomic mass is 10.1. The maximum absolute atomic E-state index is 11.8. The monoisotopic (exact) mass is 298 g/mol. The predicted molar refractivity (Wildman–Crippen MR) is 77.8 cm³/mol. The molecule has 0 spiro atoms. The van der Waals surface area contributed by atoms with Crippen LogP contribution in [-0.2, 0) is 9.59 Å². The van der Waals surface area contributed by atoms with Crippen LogP contribution in [0.1, 0.15) is 24.9 Å². The molecule has 0 fully saturated rings. The SMILES string of the molecule is CC(NC(=O)CN(C)CCC(=O)O)c1ccc(Cl)cc1. The first-order valence-electron chi connectivity index (χ1n) is 6.33. The van der Waals surface area contributed by atoms with Gasteiger partial charge in [0.25, 0.3) is 0 Å². The zero-order valence-corrected chi connectivity index (χ0v) is 12.4. The number of benzene rings is 1. The van der Waals surface area contributed by atoms with Crippen LogP contribution in [0.2, 0.25) is 5.02 Å². The molecule has 0 radical (unpaired) electrons. The number of aliphatic carboxylic acids is 1. The molecule has 0 aliphatic rings. The van der Waals surface area contributed by atoms with Gasteiger partial charge in [-0.25, -0.2) is 0 Å². The minimum absolute atomic E-state index is 0.0243. The molecule has 1 unspecified atom stereocenters. The van der Waals surface area contributed by atoms with Crippen LogP contribution in [0.3, 0.4) is 0 Å². The van der Waals surface area contributed by atoms with E-state index >= 15 is 0 Å². The lowest BCUT2D eigenvalue weighted by Crippen LogP contribution is -2.37. The Balaban J connectivity index is 2.41. The molecule has 20 heavy (non-hydrogen) atoms. The van der Waals surface area contributed by atoms with Gasteiger partial charge >= 0.3 is 5.97 Å². The molecular weight excluding hydrogens is 280 g/mol.